The maximum atomic E-state index is 10.5. The fourth-order valence-corrected chi connectivity index (χ4v) is 0.318. The molecule has 0 aliphatic heterocycles. The minimum atomic E-state index is 0.000185. The molecule has 0 fully saturated rings. The second-order valence-corrected chi connectivity index (χ2v) is 1.99. The SMILES string of the molecule is CC(C)C(=O)CC=O. The Hall–Kier alpha value is -0.660. The molecule has 0 radical (unpaired) electrons. The first kappa shape index (κ1) is 7.34. The lowest BCUT2D eigenvalue weighted by Gasteiger charge is -1.95. The number of Topliss-reactive ketones (excluding diaryl/α,β-unsaturated/α-hetero) is 1. The zero-order valence-electron chi connectivity index (χ0n) is 5.18. The molecule has 0 aliphatic carbocycles. The van der Waals surface area contributed by atoms with Crippen LogP contribution >= 0.6 is 0 Å². The van der Waals surface area contributed by atoms with E-state index in [1.165, 1.54) is 0 Å². The predicted molar refractivity (Wildman–Crippen MR) is 30.5 cm³/mol. The monoisotopic (exact) mass is 114 g/mol. The Kier molecular flexibility index (Phi) is 3.08. The molecule has 0 rings (SSSR count). The van der Waals surface area contributed by atoms with Crippen LogP contribution in [-0.2, 0) is 9.59 Å². The summed E-state index contributed by atoms with van der Waals surface area (Å²) < 4.78 is 0. The molecule has 8 heavy (non-hydrogen) atoms. The highest BCUT2D eigenvalue weighted by Gasteiger charge is 2.03. The highest BCUT2D eigenvalue weighted by Crippen LogP contribution is 1.94. The average molecular weight is 114 g/mol. The molecule has 0 heterocycles. The molecule has 46 valence electrons. The summed E-state index contributed by atoms with van der Waals surface area (Å²) >= 11 is 0. The molecule has 0 spiro atoms. The first-order valence-corrected chi connectivity index (χ1v) is 2.65. The fraction of sp³-hybridized carbons (Fsp3) is 0.667. The molecule has 0 aromatic heterocycles. The zero-order chi connectivity index (χ0) is 6.57. The lowest BCUT2D eigenvalue weighted by atomic mass is 10.1. The Morgan fingerprint density at radius 1 is 1.62 bits per heavy atom. The quantitative estimate of drug-likeness (QED) is 0.401. The van der Waals surface area contributed by atoms with Crippen LogP contribution in [0.2, 0.25) is 0 Å². The Balaban J connectivity index is 3.48. The lowest BCUT2D eigenvalue weighted by molar-refractivity contribution is -0.124. The Bertz CT molecular complexity index is 94.7. The fourth-order valence-electron chi connectivity index (χ4n) is 0.318. The highest BCUT2D eigenvalue weighted by molar-refractivity contribution is 5.90. The summed E-state index contributed by atoms with van der Waals surface area (Å²) in [5, 5.41) is 0. The third kappa shape index (κ3) is 2.50. The normalized spacial score (nSPS) is 9.38. The van der Waals surface area contributed by atoms with Gasteiger partial charge in [0, 0.05) is 5.92 Å². The van der Waals surface area contributed by atoms with Gasteiger partial charge in [-0.1, -0.05) is 13.8 Å². The average Bonchev–Trinajstić information content (AvgIpc) is 1.67. The molecular weight excluding hydrogens is 104 g/mol. The number of hydrogen-bond acceptors (Lipinski definition) is 2. The van der Waals surface area contributed by atoms with E-state index in [-0.39, 0.29) is 18.1 Å². The van der Waals surface area contributed by atoms with Crippen molar-refractivity contribution in [2.75, 3.05) is 0 Å². The molecule has 0 aromatic carbocycles. The maximum Gasteiger partial charge on any atom is 0.142 e. The predicted octanol–water partition coefficient (Wildman–Crippen LogP) is 0.800. The molecule has 0 amide bonds. The highest BCUT2D eigenvalue weighted by atomic mass is 16.1. The molecule has 0 saturated carbocycles. The van der Waals surface area contributed by atoms with Gasteiger partial charge in [0.1, 0.15) is 12.1 Å². The van der Waals surface area contributed by atoms with E-state index in [2.05, 4.69) is 0 Å². The number of carbonyl (C=O) groups is 2. The first-order chi connectivity index (χ1) is 3.68. The van der Waals surface area contributed by atoms with Gasteiger partial charge in [0.15, 0.2) is 0 Å². The second kappa shape index (κ2) is 3.36. The van der Waals surface area contributed by atoms with Gasteiger partial charge in [-0.3, -0.25) is 4.79 Å². The number of carbonyl (C=O) groups excluding carboxylic acids is 2. The minimum absolute atomic E-state index is 0.000185. The van der Waals surface area contributed by atoms with Gasteiger partial charge in [0.25, 0.3) is 0 Å². The van der Waals surface area contributed by atoms with Crippen molar-refractivity contribution in [2.24, 2.45) is 5.92 Å². The van der Waals surface area contributed by atoms with Gasteiger partial charge < -0.3 is 4.79 Å². The number of aldehydes is 1. The van der Waals surface area contributed by atoms with Crippen molar-refractivity contribution in [2.45, 2.75) is 20.3 Å². The Morgan fingerprint density at radius 3 is 2.25 bits per heavy atom. The molecule has 0 bridgehead atoms. The van der Waals surface area contributed by atoms with Crippen LogP contribution in [0.15, 0.2) is 0 Å². The van der Waals surface area contributed by atoms with Gasteiger partial charge in [-0.15, -0.1) is 0 Å². The van der Waals surface area contributed by atoms with E-state index in [1.54, 1.807) is 13.8 Å². The molecule has 0 N–H and O–H groups in total. The van der Waals surface area contributed by atoms with E-state index in [0.29, 0.717) is 6.29 Å². The molecule has 2 heteroatoms. The van der Waals surface area contributed by atoms with Crippen LogP contribution in [0.1, 0.15) is 20.3 Å². The van der Waals surface area contributed by atoms with E-state index in [1.807, 2.05) is 0 Å². The van der Waals surface area contributed by atoms with Gasteiger partial charge in [-0.2, -0.15) is 0 Å². The summed E-state index contributed by atoms with van der Waals surface area (Å²) in [6.45, 7) is 3.57. The van der Waals surface area contributed by atoms with E-state index < -0.39 is 0 Å². The van der Waals surface area contributed by atoms with E-state index in [4.69, 9.17) is 0 Å². The van der Waals surface area contributed by atoms with Crippen molar-refractivity contribution in [3.05, 3.63) is 0 Å². The van der Waals surface area contributed by atoms with Crippen molar-refractivity contribution in [1.29, 1.82) is 0 Å². The third-order valence-electron chi connectivity index (χ3n) is 0.928. The van der Waals surface area contributed by atoms with Crippen LogP contribution in [0.5, 0.6) is 0 Å². The Labute approximate surface area is 48.9 Å². The van der Waals surface area contributed by atoms with Crippen LogP contribution in [0, 0.1) is 5.92 Å². The van der Waals surface area contributed by atoms with Gasteiger partial charge in [-0.25, -0.2) is 0 Å². The second-order valence-electron chi connectivity index (χ2n) is 1.99. The molecule has 0 saturated heterocycles. The van der Waals surface area contributed by atoms with E-state index in [0.717, 1.165) is 0 Å². The molecular formula is C6H10O2. The van der Waals surface area contributed by atoms with Crippen LogP contribution in [0.25, 0.3) is 0 Å². The van der Waals surface area contributed by atoms with Crippen LogP contribution in [0.3, 0.4) is 0 Å². The summed E-state index contributed by atoms with van der Waals surface area (Å²) in [5.74, 6) is 0.0141. The van der Waals surface area contributed by atoms with Crippen LogP contribution in [-0.4, -0.2) is 12.1 Å². The smallest absolute Gasteiger partial charge is 0.142 e. The largest absolute Gasteiger partial charge is 0.303 e. The molecule has 0 atom stereocenters. The minimum Gasteiger partial charge on any atom is -0.303 e. The third-order valence-corrected chi connectivity index (χ3v) is 0.928. The Morgan fingerprint density at radius 2 is 2.12 bits per heavy atom. The van der Waals surface area contributed by atoms with Gasteiger partial charge in [0.05, 0.1) is 6.42 Å². The topological polar surface area (TPSA) is 34.1 Å². The first-order valence-electron chi connectivity index (χ1n) is 2.65. The summed E-state index contributed by atoms with van der Waals surface area (Å²) in [4.78, 5) is 20.2. The standard InChI is InChI=1S/C6H10O2/c1-5(2)6(8)3-4-7/h4-5H,3H2,1-2H3. The summed E-state index contributed by atoms with van der Waals surface area (Å²) in [5.41, 5.74) is 0. The lowest BCUT2D eigenvalue weighted by Crippen LogP contribution is -2.06. The van der Waals surface area contributed by atoms with Gasteiger partial charge in [0.2, 0.25) is 0 Å². The van der Waals surface area contributed by atoms with Crippen molar-refractivity contribution >= 4 is 12.1 Å². The molecule has 0 aromatic rings. The van der Waals surface area contributed by atoms with Crippen LogP contribution < -0.4 is 0 Å². The van der Waals surface area contributed by atoms with Crippen molar-refractivity contribution in [3.63, 3.8) is 0 Å². The number of hydrogen-bond donors (Lipinski definition) is 0. The zero-order valence-corrected chi connectivity index (χ0v) is 5.18. The van der Waals surface area contributed by atoms with Crippen molar-refractivity contribution in [1.82, 2.24) is 0 Å². The van der Waals surface area contributed by atoms with Crippen LogP contribution in [0.4, 0.5) is 0 Å². The van der Waals surface area contributed by atoms with E-state index in [9.17, 15) is 9.59 Å². The maximum absolute atomic E-state index is 10.5. The van der Waals surface area contributed by atoms with Crippen molar-refractivity contribution in [3.8, 4) is 0 Å². The molecule has 2 nitrogen and oxygen atoms in total. The van der Waals surface area contributed by atoms with E-state index >= 15 is 0 Å². The molecule has 0 unspecified atom stereocenters. The summed E-state index contributed by atoms with van der Waals surface area (Å²) in [7, 11) is 0. The van der Waals surface area contributed by atoms with Gasteiger partial charge >= 0.3 is 0 Å². The summed E-state index contributed by atoms with van der Waals surface area (Å²) in [6.07, 6.45) is 0.708. The van der Waals surface area contributed by atoms with Crippen molar-refractivity contribution < 1.29 is 9.59 Å². The summed E-state index contributed by atoms with van der Waals surface area (Å²) in [6, 6.07) is 0. The number of rotatable bonds is 3. The van der Waals surface area contributed by atoms with Gasteiger partial charge in [-0.05, 0) is 0 Å². The number of ketones is 1. The molecule has 0 aliphatic rings.